The van der Waals surface area contributed by atoms with Crippen LogP contribution in [0.2, 0.25) is 0 Å². The number of primary amides is 1. The lowest BCUT2D eigenvalue weighted by atomic mass is 9.81. The highest BCUT2D eigenvalue weighted by molar-refractivity contribution is 5.98. The van der Waals surface area contributed by atoms with Gasteiger partial charge in [0.15, 0.2) is 11.9 Å². The Morgan fingerprint density at radius 1 is 1.27 bits per heavy atom. The zero-order valence-corrected chi connectivity index (χ0v) is 17.8. The van der Waals surface area contributed by atoms with Gasteiger partial charge in [0.1, 0.15) is 5.56 Å². The molecule has 1 aliphatic carbocycles. The van der Waals surface area contributed by atoms with E-state index in [4.69, 9.17) is 5.73 Å². The second-order valence-corrected chi connectivity index (χ2v) is 8.59. The second kappa shape index (κ2) is 9.03. The van der Waals surface area contributed by atoms with Crippen LogP contribution in [0, 0.1) is 17.2 Å². The van der Waals surface area contributed by atoms with Gasteiger partial charge < -0.3 is 21.1 Å². The van der Waals surface area contributed by atoms with E-state index in [-0.39, 0.29) is 28.9 Å². The molecule has 1 aliphatic heterocycles. The lowest BCUT2D eigenvalue weighted by Crippen LogP contribution is -2.48. The average Bonchev–Trinajstić information content (AvgIpc) is 3.15. The first-order valence-corrected chi connectivity index (χ1v) is 10.8. The van der Waals surface area contributed by atoms with E-state index in [0.717, 1.165) is 44.5 Å². The SMILES string of the molecule is N#CC1CC(N2CCC2)CCC1n1cc(C(N)=O)c(Nc2ccc(C(O)C(F)(F)F)cc2)n1. The summed E-state index contributed by atoms with van der Waals surface area (Å²) in [5.74, 6) is -0.815. The number of carbonyl (C=O) groups is 1. The zero-order chi connectivity index (χ0) is 23.8. The van der Waals surface area contributed by atoms with Crippen LogP contribution in [-0.2, 0) is 0 Å². The first kappa shape index (κ1) is 23.1. The van der Waals surface area contributed by atoms with Crippen molar-refractivity contribution in [3.63, 3.8) is 0 Å². The Hall–Kier alpha value is -3.10. The van der Waals surface area contributed by atoms with Gasteiger partial charge in [-0.05, 0) is 56.5 Å². The Morgan fingerprint density at radius 2 is 1.97 bits per heavy atom. The van der Waals surface area contributed by atoms with Crippen molar-refractivity contribution in [3.8, 4) is 6.07 Å². The van der Waals surface area contributed by atoms with Gasteiger partial charge in [0.25, 0.3) is 5.91 Å². The van der Waals surface area contributed by atoms with Crippen LogP contribution >= 0.6 is 0 Å². The fourth-order valence-corrected chi connectivity index (χ4v) is 4.53. The highest BCUT2D eigenvalue weighted by Gasteiger charge is 2.39. The van der Waals surface area contributed by atoms with E-state index in [1.807, 2.05) is 0 Å². The quantitative estimate of drug-likeness (QED) is 0.606. The average molecular weight is 462 g/mol. The normalized spacial score (nSPS) is 24.5. The summed E-state index contributed by atoms with van der Waals surface area (Å²) in [6, 6.07) is 7.55. The molecule has 11 heteroatoms. The number of hydrogen-bond donors (Lipinski definition) is 3. The molecule has 1 saturated heterocycles. The minimum absolute atomic E-state index is 0.121. The van der Waals surface area contributed by atoms with Crippen LogP contribution in [0.15, 0.2) is 30.5 Å². The molecule has 1 aromatic heterocycles. The lowest BCUT2D eigenvalue weighted by molar-refractivity contribution is -0.206. The van der Waals surface area contributed by atoms with Crippen molar-refractivity contribution < 1.29 is 23.1 Å². The molecule has 1 amide bonds. The number of rotatable bonds is 6. The molecule has 0 bridgehead atoms. The maximum absolute atomic E-state index is 12.7. The molecular formula is C22H25F3N6O2. The smallest absolute Gasteiger partial charge is 0.379 e. The number of aliphatic hydroxyl groups excluding tert-OH is 1. The third-order valence-corrected chi connectivity index (χ3v) is 6.50. The first-order valence-electron chi connectivity index (χ1n) is 10.8. The number of alkyl halides is 3. The summed E-state index contributed by atoms with van der Waals surface area (Å²) in [7, 11) is 0. The van der Waals surface area contributed by atoms with Crippen molar-refractivity contribution in [2.45, 2.75) is 50.0 Å². The molecule has 2 fully saturated rings. The Labute approximate surface area is 188 Å². The summed E-state index contributed by atoms with van der Waals surface area (Å²) < 4.78 is 39.7. The fraction of sp³-hybridized carbons (Fsp3) is 0.500. The standard InChI is InChI=1S/C22H25F3N6O2/c23-22(24,25)19(32)13-2-4-15(5-3-13)28-21-17(20(27)33)12-31(29-21)18-7-6-16(10-14(18)11-26)30-8-1-9-30/h2-5,12,14,16,18-19,32H,1,6-10H2,(H2,27,33)(H,28,29). The number of nitrogens with zero attached hydrogens (tertiary/aromatic N) is 4. The van der Waals surface area contributed by atoms with Gasteiger partial charge in [-0.1, -0.05) is 12.1 Å². The van der Waals surface area contributed by atoms with E-state index in [0.29, 0.717) is 11.7 Å². The van der Waals surface area contributed by atoms with Gasteiger partial charge in [-0.15, -0.1) is 0 Å². The lowest BCUT2D eigenvalue weighted by Gasteiger charge is -2.43. The number of benzene rings is 1. The molecule has 2 aromatic rings. The molecule has 176 valence electrons. The van der Waals surface area contributed by atoms with Crippen LogP contribution in [0.3, 0.4) is 0 Å². The number of aliphatic hydroxyl groups is 1. The van der Waals surface area contributed by atoms with Crippen LogP contribution in [0.1, 0.15) is 53.8 Å². The molecular weight excluding hydrogens is 437 g/mol. The van der Waals surface area contributed by atoms with Gasteiger partial charge in [-0.2, -0.15) is 23.5 Å². The van der Waals surface area contributed by atoms with Crippen LogP contribution in [-0.4, -0.2) is 51.0 Å². The second-order valence-electron chi connectivity index (χ2n) is 8.59. The van der Waals surface area contributed by atoms with Crippen molar-refractivity contribution >= 4 is 17.4 Å². The van der Waals surface area contributed by atoms with E-state index < -0.39 is 18.2 Å². The van der Waals surface area contributed by atoms with E-state index in [1.54, 1.807) is 4.68 Å². The molecule has 4 unspecified atom stereocenters. The van der Waals surface area contributed by atoms with Gasteiger partial charge in [-0.3, -0.25) is 9.48 Å². The Morgan fingerprint density at radius 3 is 2.52 bits per heavy atom. The molecule has 4 atom stereocenters. The van der Waals surface area contributed by atoms with Gasteiger partial charge >= 0.3 is 6.18 Å². The van der Waals surface area contributed by atoms with Crippen molar-refractivity contribution in [2.24, 2.45) is 11.7 Å². The van der Waals surface area contributed by atoms with Crippen molar-refractivity contribution in [3.05, 3.63) is 41.6 Å². The Balaban J connectivity index is 1.52. The molecule has 0 radical (unpaired) electrons. The summed E-state index contributed by atoms with van der Waals surface area (Å²) in [5, 5.41) is 26.5. The largest absolute Gasteiger partial charge is 0.418 e. The van der Waals surface area contributed by atoms with Gasteiger partial charge in [0.05, 0.1) is 18.0 Å². The highest BCUT2D eigenvalue weighted by Crippen LogP contribution is 2.38. The van der Waals surface area contributed by atoms with E-state index in [9.17, 15) is 28.3 Å². The van der Waals surface area contributed by atoms with Crippen molar-refractivity contribution in [1.29, 1.82) is 5.26 Å². The number of halogens is 3. The molecule has 33 heavy (non-hydrogen) atoms. The minimum atomic E-state index is -4.77. The van der Waals surface area contributed by atoms with Crippen molar-refractivity contribution in [2.75, 3.05) is 18.4 Å². The zero-order valence-electron chi connectivity index (χ0n) is 17.8. The van der Waals surface area contributed by atoms with Gasteiger partial charge in [-0.25, -0.2) is 0 Å². The Bertz CT molecular complexity index is 1040. The third kappa shape index (κ3) is 4.82. The monoisotopic (exact) mass is 462 g/mol. The van der Waals surface area contributed by atoms with E-state index in [1.165, 1.54) is 24.8 Å². The van der Waals surface area contributed by atoms with Crippen LogP contribution < -0.4 is 11.1 Å². The number of hydrogen-bond acceptors (Lipinski definition) is 6. The number of aromatic nitrogens is 2. The number of carbonyl (C=O) groups excluding carboxylic acids is 1. The molecule has 4 rings (SSSR count). The predicted octanol–water partition coefficient (Wildman–Crippen LogP) is 3.26. The van der Waals surface area contributed by atoms with Crippen LogP contribution in [0.4, 0.5) is 24.7 Å². The summed E-state index contributed by atoms with van der Waals surface area (Å²) in [6.07, 6.45) is -2.24. The maximum Gasteiger partial charge on any atom is 0.418 e. The minimum Gasteiger partial charge on any atom is -0.379 e. The number of likely N-dealkylation sites (tertiary alicyclic amines) is 1. The molecule has 1 saturated carbocycles. The molecule has 1 aromatic carbocycles. The molecule has 0 spiro atoms. The molecule has 2 aliphatic rings. The number of nitrogens with two attached hydrogens (primary N) is 1. The number of nitrogens with one attached hydrogen (secondary N) is 1. The van der Waals surface area contributed by atoms with Gasteiger partial charge in [0, 0.05) is 17.9 Å². The summed E-state index contributed by atoms with van der Waals surface area (Å²) in [4.78, 5) is 14.4. The first-order chi connectivity index (χ1) is 15.7. The highest BCUT2D eigenvalue weighted by atomic mass is 19.4. The van der Waals surface area contributed by atoms with E-state index in [2.05, 4.69) is 21.4 Å². The third-order valence-electron chi connectivity index (χ3n) is 6.50. The topological polar surface area (TPSA) is 120 Å². The summed E-state index contributed by atoms with van der Waals surface area (Å²) in [5.41, 5.74) is 5.71. The maximum atomic E-state index is 12.7. The van der Waals surface area contributed by atoms with E-state index >= 15 is 0 Å². The summed E-state index contributed by atoms with van der Waals surface area (Å²) in [6.45, 7) is 2.13. The molecule has 8 nitrogen and oxygen atoms in total. The van der Waals surface area contributed by atoms with Gasteiger partial charge in [0.2, 0.25) is 0 Å². The van der Waals surface area contributed by atoms with Crippen molar-refractivity contribution in [1.82, 2.24) is 14.7 Å². The summed E-state index contributed by atoms with van der Waals surface area (Å²) >= 11 is 0. The number of nitriles is 1. The number of amides is 1. The molecule has 2 heterocycles. The fourth-order valence-electron chi connectivity index (χ4n) is 4.53. The van der Waals surface area contributed by atoms with Crippen LogP contribution in [0.25, 0.3) is 0 Å². The predicted molar refractivity (Wildman–Crippen MR) is 113 cm³/mol. The van der Waals surface area contributed by atoms with Crippen LogP contribution in [0.5, 0.6) is 0 Å². The Kier molecular flexibility index (Phi) is 6.32. The number of anilines is 2. The molecule has 4 N–H and O–H groups in total.